The molecule has 0 saturated heterocycles. The van der Waals surface area contributed by atoms with Gasteiger partial charge in [0.2, 0.25) is 0 Å². The number of nitrogens with two attached hydrogens (primary N) is 1. The molecule has 19 heavy (non-hydrogen) atoms. The van der Waals surface area contributed by atoms with Gasteiger partial charge in [-0.2, -0.15) is 5.10 Å². The largest absolute Gasteiger partial charge is 0.495 e. The number of carbonyl (C=O) groups excluding carboxylic acids is 1. The van der Waals surface area contributed by atoms with E-state index >= 15 is 0 Å². The molecule has 0 fully saturated rings. The number of hydrogen-bond acceptors (Lipinski definition) is 5. The number of amides is 1. The molecule has 0 unspecified atom stereocenters. The number of methoxy groups -OCH3 is 1. The van der Waals surface area contributed by atoms with Crippen molar-refractivity contribution >= 4 is 17.4 Å². The summed E-state index contributed by atoms with van der Waals surface area (Å²) in [4.78, 5) is 11.9. The Morgan fingerprint density at radius 3 is 2.79 bits per heavy atom. The van der Waals surface area contributed by atoms with Gasteiger partial charge in [-0.1, -0.05) is 12.1 Å². The minimum atomic E-state index is -0.364. The Labute approximate surface area is 110 Å². The van der Waals surface area contributed by atoms with Crippen molar-refractivity contribution in [1.29, 1.82) is 0 Å². The molecule has 0 aliphatic heterocycles. The first-order chi connectivity index (χ1) is 9.13. The zero-order chi connectivity index (χ0) is 13.8. The second-order valence-electron chi connectivity index (χ2n) is 3.85. The predicted molar refractivity (Wildman–Crippen MR) is 71.7 cm³/mol. The second-order valence-corrected chi connectivity index (χ2v) is 3.85. The van der Waals surface area contributed by atoms with Crippen molar-refractivity contribution in [1.82, 2.24) is 15.2 Å². The lowest BCUT2D eigenvalue weighted by atomic mass is 10.3. The fourth-order valence-corrected chi connectivity index (χ4v) is 1.56. The molecule has 7 heteroatoms. The molecule has 1 heterocycles. The minimum Gasteiger partial charge on any atom is -0.495 e. The number of rotatable bonds is 4. The van der Waals surface area contributed by atoms with Gasteiger partial charge >= 0.3 is 0 Å². The van der Waals surface area contributed by atoms with Crippen molar-refractivity contribution in [2.45, 2.75) is 0 Å². The van der Waals surface area contributed by atoms with Gasteiger partial charge in [0.05, 0.1) is 19.0 Å². The standard InChI is InChI=1S/C12H15N5O2/c1-17-11(13)8(7-14-17)12(18)16-15-9-5-3-4-6-10(9)19-2/h3-7,15H,13H2,1-2H3,(H,16,18). The Kier molecular flexibility index (Phi) is 3.56. The molecule has 1 aromatic carbocycles. The van der Waals surface area contributed by atoms with E-state index in [4.69, 9.17) is 10.5 Å². The Hall–Kier alpha value is -2.70. The number of hydrazine groups is 1. The number of anilines is 2. The van der Waals surface area contributed by atoms with Crippen LogP contribution in [0.1, 0.15) is 10.4 Å². The van der Waals surface area contributed by atoms with Crippen molar-refractivity contribution < 1.29 is 9.53 Å². The van der Waals surface area contributed by atoms with Crippen molar-refractivity contribution in [3.63, 3.8) is 0 Å². The van der Waals surface area contributed by atoms with E-state index in [0.29, 0.717) is 22.8 Å². The monoisotopic (exact) mass is 261 g/mol. The highest BCUT2D eigenvalue weighted by atomic mass is 16.5. The zero-order valence-corrected chi connectivity index (χ0v) is 10.7. The third-order valence-electron chi connectivity index (χ3n) is 2.65. The summed E-state index contributed by atoms with van der Waals surface area (Å²) in [7, 11) is 3.22. The highest BCUT2D eigenvalue weighted by Crippen LogP contribution is 2.22. The van der Waals surface area contributed by atoms with Crippen molar-refractivity contribution in [2.24, 2.45) is 7.05 Å². The molecule has 2 rings (SSSR count). The SMILES string of the molecule is COc1ccccc1NNC(=O)c1cnn(C)c1N. The van der Waals surface area contributed by atoms with Crippen LogP contribution in [0.4, 0.5) is 11.5 Å². The molecule has 7 nitrogen and oxygen atoms in total. The Morgan fingerprint density at radius 2 is 2.16 bits per heavy atom. The highest BCUT2D eigenvalue weighted by molar-refractivity contribution is 5.98. The number of ether oxygens (including phenoxy) is 1. The summed E-state index contributed by atoms with van der Waals surface area (Å²) in [5.41, 5.74) is 12.0. The van der Waals surface area contributed by atoms with Crippen LogP contribution in [0.2, 0.25) is 0 Å². The number of benzene rings is 1. The predicted octanol–water partition coefficient (Wildman–Crippen LogP) is 0.768. The summed E-state index contributed by atoms with van der Waals surface area (Å²) in [6.07, 6.45) is 1.41. The van der Waals surface area contributed by atoms with Crippen LogP contribution < -0.4 is 21.3 Å². The zero-order valence-electron chi connectivity index (χ0n) is 10.7. The van der Waals surface area contributed by atoms with E-state index in [2.05, 4.69) is 16.0 Å². The molecule has 1 amide bonds. The van der Waals surface area contributed by atoms with Crippen LogP contribution in [-0.2, 0) is 7.05 Å². The Bertz CT molecular complexity index is 594. The number of para-hydroxylation sites is 2. The van der Waals surface area contributed by atoms with Crippen LogP contribution in [0.3, 0.4) is 0 Å². The van der Waals surface area contributed by atoms with Gasteiger partial charge < -0.3 is 10.5 Å². The van der Waals surface area contributed by atoms with E-state index in [-0.39, 0.29) is 5.91 Å². The summed E-state index contributed by atoms with van der Waals surface area (Å²) in [5.74, 6) is 0.567. The van der Waals surface area contributed by atoms with Crippen molar-refractivity contribution in [3.8, 4) is 5.75 Å². The molecule has 4 N–H and O–H groups in total. The molecule has 0 spiro atoms. The summed E-state index contributed by atoms with van der Waals surface area (Å²) in [5, 5.41) is 3.90. The molecule has 100 valence electrons. The molecular weight excluding hydrogens is 246 g/mol. The van der Waals surface area contributed by atoms with Gasteiger partial charge in [-0.15, -0.1) is 0 Å². The fourth-order valence-electron chi connectivity index (χ4n) is 1.56. The maximum atomic E-state index is 11.9. The molecule has 0 atom stereocenters. The highest BCUT2D eigenvalue weighted by Gasteiger charge is 2.13. The van der Waals surface area contributed by atoms with E-state index in [1.165, 1.54) is 10.9 Å². The van der Waals surface area contributed by atoms with Crippen LogP contribution in [0.25, 0.3) is 0 Å². The average Bonchev–Trinajstić information content (AvgIpc) is 2.77. The van der Waals surface area contributed by atoms with Crippen LogP contribution in [-0.4, -0.2) is 22.8 Å². The number of aryl methyl sites for hydroxylation is 1. The number of hydrogen-bond donors (Lipinski definition) is 3. The lowest BCUT2D eigenvalue weighted by Crippen LogP contribution is -2.30. The van der Waals surface area contributed by atoms with Gasteiger partial charge in [0.15, 0.2) is 0 Å². The van der Waals surface area contributed by atoms with Gasteiger partial charge in [-0.3, -0.25) is 20.3 Å². The number of nitrogen functional groups attached to an aromatic ring is 1. The lowest BCUT2D eigenvalue weighted by Gasteiger charge is -2.11. The third-order valence-corrected chi connectivity index (χ3v) is 2.65. The quantitative estimate of drug-likeness (QED) is 0.707. The van der Waals surface area contributed by atoms with Gasteiger partial charge in [0.25, 0.3) is 5.91 Å². The fraction of sp³-hybridized carbons (Fsp3) is 0.167. The lowest BCUT2D eigenvalue weighted by molar-refractivity contribution is 0.0963. The summed E-state index contributed by atoms with van der Waals surface area (Å²) in [6.45, 7) is 0. The summed E-state index contributed by atoms with van der Waals surface area (Å²) in [6, 6.07) is 7.24. The first-order valence-corrected chi connectivity index (χ1v) is 5.60. The second kappa shape index (κ2) is 5.30. The van der Waals surface area contributed by atoms with Gasteiger partial charge in [-0.25, -0.2) is 0 Å². The van der Waals surface area contributed by atoms with Gasteiger partial charge in [0, 0.05) is 7.05 Å². The number of nitrogens with zero attached hydrogens (tertiary/aromatic N) is 2. The molecule has 0 radical (unpaired) electrons. The smallest absolute Gasteiger partial charge is 0.274 e. The third kappa shape index (κ3) is 2.59. The number of nitrogens with one attached hydrogen (secondary N) is 2. The topological polar surface area (TPSA) is 94.2 Å². The van der Waals surface area contributed by atoms with Crippen molar-refractivity contribution in [2.75, 3.05) is 18.3 Å². The Balaban J connectivity index is 2.07. The summed E-state index contributed by atoms with van der Waals surface area (Å²) < 4.78 is 6.58. The average molecular weight is 261 g/mol. The minimum absolute atomic E-state index is 0.305. The molecule has 0 saturated carbocycles. The van der Waals surface area contributed by atoms with Crippen LogP contribution in [0, 0.1) is 0 Å². The number of carbonyl (C=O) groups is 1. The van der Waals surface area contributed by atoms with E-state index in [0.717, 1.165) is 0 Å². The van der Waals surface area contributed by atoms with Crippen LogP contribution in [0.15, 0.2) is 30.5 Å². The molecule has 0 aliphatic rings. The molecular formula is C12H15N5O2. The molecule has 2 aromatic rings. The molecule has 1 aromatic heterocycles. The Morgan fingerprint density at radius 1 is 1.42 bits per heavy atom. The normalized spacial score (nSPS) is 10.0. The van der Waals surface area contributed by atoms with E-state index in [1.807, 2.05) is 12.1 Å². The van der Waals surface area contributed by atoms with E-state index in [1.54, 1.807) is 26.3 Å². The van der Waals surface area contributed by atoms with Crippen LogP contribution in [0.5, 0.6) is 5.75 Å². The molecule has 0 bridgehead atoms. The first kappa shape index (κ1) is 12.7. The molecule has 0 aliphatic carbocycles. The van der Waals surface area contributed by atoms with E-state index < -0.39 is 0 Å². The number of aromatic nitrogens is 2. The first-order valence-electron chi connectivity index (χ1n) is 5.60. The van der Waals surface area contributed by atoms with Crippen LogP contribution >= 0.6 is 0 Å². The maximum absolute atomic E-state index is 11.9. The van der Waals surface area contributed by atoms with Crippen molar-refractivity contribution in [3.05, 3.63) is 36.0 Å². The van der Waals surface area contributed by atoms with Gasteiger partial charge in [0.1, 0.15) is 17.1 Å². The van der Waals surface area contributed by atoms with Gasteiger partial charge in [-0.05, 0) is 12.1 Å². The summed E-state index contributed by atoms with van der Waals surface area (Å²) >= 11 is 0. The van der Waals surface area contributed by atoms with E-state index in [9.17, 15) is 4.79 Å². The maximum Gasteiger partial charge on any atom is 0.274 e.